The average molecular weight is 362 g/mol. The molecule has 2 rings (SSSR count). The first kappa shape index (κ1) is 15.9. The minimum atomic E-state index is -3.44. The predicted octanol–water partition coefficient (Wildman–Crippen LogP) is 2.75. The minimum absolute atomic E-state index is 0.0964. The lowest BCUT2D eigenvalue weighted by atomic mass is 9.96. The Kier molecular flexibility index (Phi) is 5.23. The summed E-state index contributed by atoms with van der Waals surface area (Å²) in [6, 6.07) is 4.87. The third kappa shape index (κ3) is 3.24. The highest BCUT2D eigenvalue weighted by Crippen LogP contribution is 2.29. The molecule has 0 amide bonds. The lowest BCUT2D eigenvalue weighted by Gasteiger charge is -2.31. The fourth-order valence-electron chi connectivity index (χ4n) is 2.55. The van der Waals surface area contributed by atoms with Crippen LogP contribution in [-0.2, 0) is 16.6 Å². The van der Waals surface area contributed by atoms with E-state index in [0.29, 0.717) is 29.0 Å². The summed E-state index contributed by atoms with van der Waals surface area (Å²) in [5, 5.41) is 9.08. The molecule has 112 valence electrons. The van der Waals surface area contributed by atoms with Crippen LogP contribution < -0.4 is 0 Å². The molecule has 6 heteroatoms. The molecule has 1 aliphatic rings. The molecular formula is C14H20BrNO3S. The Bertz CT molecular complexity index is 566. The van der Waals surface area contributed by atoms with Crippen molar-refractivity contribution in [2.75, 3.05) is 13.1 Å². The number of aliphatic hydroxyl groups is 1. The highest BCUT2D eigenvalue weighted by Gasteiger charge is 2.30. The van der Waals surface area contributed by atoms with Gasteiger partial charge in [0.1, 0.15) is 0 Å². The van der Waals surface area contributed by atoms with Gasteiger partial charge >= 0.3 is 0 Å². The second-order valence-corrected chi connectivity index (χ2v) is 7.94. The van der Waals surface area contributed by atoms with Gasteiger partial charge in [0.15, 0.2) is 0 Å². The summed E-state index contributed by atoms with van der Waals surface area (Å²) in [6.45, 7) is 3.24. The maximum absolute atomic E-state index is 12.6. The van der Waals surface area contributed by atoms with Gasteiger partial charge in [0.05, 0.1) is 11.5 Å². The molecule has 1 fully saturated rings. The van der Waals surface area contributed by atoms with Crippen molar-refractivity contribution in [3.8, 4) is 0 Å². The highest BCUT2D eigenvalue weighted by molar-refractivity contribution is 9.10. The highest BCUT2D eigenvalue weighted by atomic mass is 79.9. The van der Waals surface area contributed by atoms with E-state index in [4.69, 9.17) is 5.11 Å². The Hall–Kier alpha value is -0.430. The van der Waals surface area contributed by atoms with Gasteiger partial charge in [-0.3, -0.25) is 0 Å². The van der Waals surface area contributed by atoms with Gasteiger partial charge in [0.25, 0.3) is 0 Å². The molecule has 4 nitrogen and oxygen atoms in total. The molecule has 0 saturated carbocycles. The summed E-state index contributed by atoms with van der Waals surface area (Å²) >= 11 is 3.30. The summed E-state index contributed by atoms with van der Waals surface area (Å²) in [7, 11) is -3.44. The SMILES string of the molecule is CCC1CCN(S(=O)(=O)c2ccc(CO)cc2Br)CC1. The van der Waals surface area contributed by atoms with Crippen molar-refractivity contribution in [2.45, 2.75) is 37.7 Å². The second kappa shape index (κ2) is 6.56. The van der Waals surface area contributed by atoms with Crippen LogP contribution in [0.2, 0.25) is 0 Å². The smallest absolute Gasteiger partial charge is 0.244 e. The average Bonchev–Trinajstić information content (AvgIpc) is 2.46. The van der Waals surface area contributed by atoms with Crippen molar-refractivity contribution in [1.29, 1.82) is 0 Å². The van der Waals surface area contributed by atoms with E-state index in [0.717, 1.165) is 19.3 Å². The van der Waals surface area contributed by atoms with Crippen LogP contribution >= 0.6 is 15.9 Å². The topological polar surface area (TPSA) is 57.6 Å². The zero-order valence-corrected chi connectivity index (χ0v) is 14.0. The second-order valence-electron chi connectivity index (χ2n) is 5.18. The molecule has 0 aliphatic carbocycles. The van der Waals surface area contributed by atoms with Crippen molar-refractivity contribution in [1.82, 2.24) is 4.31 Å². The third-order valence-corrected chi connectivity index (χ3v) is 6.82. The molecule has 1 N–H and O–H groups in total. The van der Waals surface area contributed by atoms with Crippen LogP contribution in [0.5, 0.6) is 0 Å². The van der Waals surface area contributed by atoms with Crippen molar-refractivity contribution in [3.05, 3.63) is 28.2 Å². The number of rotatable bonds is 4. The maximum atomic E-state index is 12.6. The zero-order valence-electron chi connectivity index (χ0n) is 11.5. The Morgan fingerprint density at radius 2 is 2.00 bits per heavy atom. The molecule has 1 aromatic carbocycles. The first-order valence-electron chi connectivity index (χ1n) is 6.88. The van der Waals surface area contributed by atoms with E-state index < -0.39 is 10.0 Å². The zero-order chi connectivity index (χ0) is 14.8. The van der Waals surface area contributed by atoms with Gasteiger partial charge in [-0.1, -0.05) is 19.4 Å². The third-order valence-electron chi connectivity index (χ3n) is 3.95. The predicted molar refractivity (Wildman–Crippen MR) is 81.8 cm³/mol. The fraction of sp³-hybridized carbons (Fsp3) is 0.571. The van der Waals surface area contributed by atoms with E-state index in [9.17, 15) is 8.42 Å². The molecule has 20 heavy (non-hydrogen) atoms. The summed E-state index contributed by atoms with van der Waals surface area (Å²) in [5.74, 6) is 0.640. The van der Waals surface area contributed by atoms with Crippen LogP contribution in [0.15, 0.2) is 27.6 Å². The number of hydrogen-bond acceptors (Lipinski definition) is 3. The van der Waals surface area contributed by atoms with Crippen LogP contribution in [0, 0.1) is 5.92 Å². The molecule has 0 bridgehead atoms. The van der Waals surface area contributed by atoms with E-state index in [1.54, 1.807) is 22.5 Å². The van der Waals surface area contributed by atoms with E-state index >= 15 is 0 Å². The lowest BCUT2D eigenvalue weighted by Crippen LogP contribution is -2.38. The molecule has 0 radical (unpaired) electrons. The first-order chi connectivity index (χ1) is 9.48. The van der Waals surface area contributed by atoms with Crippen LogP contribution in [0.1, 0.15) is 31.7 Å². The number of halogens is 1. The van der Waals surface area contributed by atoms with Crippen LogP contribution in [0.25, 0.3) is 0 Å². The summed E-state index contributed by atoms with van der Waals surface area (Å²) in [4.78, 5) is 0.282. The van der Waals surface area contributed by atoms with E-state index in [-0.39, 0.29) is 11.5 Å². The van der Waals surface area contributed by atoms with Crippen LogP contribution in [0.3, 0.4) is 0 Å². The lowest BCUT2D eigenvalue weighted by molar-refractivity contribution is 0.269. The van der Waals surface area contributed by atoms with E-state index in [1.165, 1.54) is 0 Å². The molecule has 1 aromatic rings. The molecule has 1 saturated heterocycles. The number of sulfonamides is 1. The summed E-state index contributed by atoms with van der Waals surface area (Å²) in [6.07, 6.45) is 2.98. The largest absolute Gasteiger partial charge is 0.392 e. The number of aliphatic hydroxyl groups excluding tert-OH is 1. The Labute approximate surface area is 129 Å². The van der Waals surface area contributed by atoms with Crippen molar-refractivity contribution in [2.24, 2.45) is 5.92 Å². The van der Waals surface area contributed by atoms with Gasteiger partial charge in [0, 0.05) is 17.6 Å². The van der Waals surface area contributed by atoms with Gasteiger partial charge < -0.3 is 5.11 Å². The normalized spacial score (nSPS) is 18.4. The van der Waals surface area contributed by atoms with E-state index in [1.807, 2.05) is 0 Å². The quantitative estimate of drug-likeness (QED) is 0.896. The Morgan fingerprint density at radius 1 is 1.35 bits per heavy atom. The number of hydrogen-bond donors (Lipinski definition) is 1. The molecule has 0 spiro atoms. The molecular weight excluding hydrogens is 342 g/mol. The number of nitrogens with zero attached hydrogens (tertiary/aromatic N) is 1. The van der Waals surface area contributed by atoms with Gasteiger partial charge in [-0.15, -0.1) is 0 Å². The minimum Gasteiger partial charge on any atom is -0.392 e. The summed E-state index contributed by atoms with van der Waals surface area (Å²) in [5.41, 5.74) is 0.695. The first-order valence-corrected chi connectivity index (χ1v) is 9.11. The fourth-order valence-corrected chi connectivity index (χ4v) is 5.10. The van der Waals surface area contributed by atoms with Gasteiger partial charge in [-0.25, -0.2) is 8.42 Å². The monoisotopic (exact) mass is 361 g/mol. The van der Waals surface area contributed by atoms with Crippen LogP contribution in [0.4, 0.5) is 0 Å². The van der Waals surface area contributed by atoms with Gasteiger partial charge in [-0.05, 0) is 52.4 Å². The number of benzene rings is 1. The maximum Gasteiger partial charge on any atom is 0.244 e. The van der Waals surface area contributed by atoms with Crippen LogP contribution in [-0.4, -0.2) is 30.9 Å². The molecule has 0 aromatic heterocycles. The van der Waals surface area contributed by atoms with Crippen molar-refractivity contribution >= 4 is 26.0 Å². The van der Waals surface area contributed by atoms with Gasteiger partial charge in [-0.2, -0.15) is 4.31 Å². The molecule has 1 aliphatic heterocycles. The van der Waals surface area contributed by atoms with Crippen molar-refractivity contribution < 1.29 is 13.5 Å². The molecule has 1 heterocycles. The Balaban J connectivity index is 2.23. The summed E-state index contributed by atoms with van der Waals surface area (Å²) < 4.78 is 27.4. The Morgan fingerprint density at radius 3 is 2.50 bits per heavy atom. The van der Waals surface area contributed by atoms with Gasteiger partial charge in [0.2, 0.25) is 10.0 Å². The van der Waals surface area contributed by atoms with E-state index in [2.05, 4.69) is 22.9 Å². The van der Waals surface area contributed by atoms with Crippen molar-refractivity contribution in [3.63, 3.8) is 0 Å². The standard InChI is InChI=1S/C14H20BrNO3S/c1-2-11-5-7-16(8-6-11)20(18,19)14-4-3-12(10-17)9-13(14)15/h3-4,9,11,17H,2,5-8,10H2,1H3. The molecule has 0 atom stereocenters. The molecule has 0 unspecified atom stereocenters. The number of piperidine rings is 1.